The average Bonchev–Trinajstić information content (AvgIpc) is 2.46. The molecule has 2 aromatic rings. The molecule has 0 radical (unpaired) electrons. The molecule has 0 saturated carbocycles. The van der Waals surface area contributed by atoms with E-state index < -0.39 is 0 Å². The Hall–Kier alpha value is -2.09. The predicted molar refractivity (Wildman–Crippen MR) is 76.7 cm³/mol. The number of benzene rings is 2. The zero-order valence-electron chi connectivity index (χ0n) is 11.1. The molecule has 98 valence electrons. The third kappa shape index (κ3) is 3.95. The first kappa shape index (κ1) is 13.3. The number of ketones is 1. The van der Waals surface area contributed by atoms with Crippen LogP contribution in [-0.2, 0) is 6.42 Å². The van der Waals surface area contributed by atoms with Crippen LogP contribution in [0.1, 0.15) is 29.3 Å². The third-order valence-electron chi connectivity index (χ3n) is 2.84. The Morgan fingerprint density at radius 2 is 1.84 bits per heavy atom. The highest BCUT2D eigenvalue weighted by Crippen LogP contribution is 2.15. The molecular weight excluding hydrogens is 236 g/mol. The molecule has 2 heteroatoms. The maximum atomic E-state index is 12.2. The molecule has 0 heterocycles. The SMILES string of the molecule is CCCOc1cccc(C(=O)Cc2ccccc2)c1. The highest BCUT2D eigenvalue weighted by atomic mass is 16.5. The molecule has 0 unspecified atom stereocenters. The summed E-state index contributed by atoms with van der Waals surface area (Å²) in [6.07, 6.45) is 1.39. The van der Waals surface area contributed by atoms with Gasteiger partial charge in [-0.15, -0.1) is 0 Å². The molecule has 0 N–H and O–H groups in total. The van der Waals surface area contributed by atoms with E-state index in [0.29, 0.717) is 18.6 Å². The third-order valence-corrected chi connectivity index (χ3v) is 2.84. The Labute approximate surface area is 114 Å². The van der Waals surface area contributed by atoms with Crippen LogP contribution < -0.4 is 4.74 Å². The van der Waals surface area contributed by atoms with Crippen LogP contribution in [0.25, 0.3) is 0 Å². The van der Waals surface area contributed by atoms with Crippen LogP contribution in [0.4, 0.5) is 0 Å². The fourth-order valence-electron chi connectivity index (χ4n) is 1.86. The zero-order valence-corrected chi connectivity index (χ0v) is 11.1. The van der Waals surface area contributed by atoms with Crippen molar-refractivity contribution in [1.29, 1.82) is 0 Å². The smallest absolute Gasteiger partial charge is 0.167 e. The van der Waals surface area contributed by atoms with Crippen molar-refractivity contribution in [2.75, 3.05) is 6.61 Å². The van der Waals surface area contributed by atoms with E-state index in [4.69, 9.17) is 4.74 Å². The van der Waals surface area contributed by atoms with Gasteiger partial charge in [0.2, 0.25) is 0 Å². The number of ether oxygens (including phenoxy) is 1. The molecule has 2 aromatic carbocycles. The number of hydrogen-bond donors (Lipinski definition) is 0. The topological polar surface area (TPSA) is 26.3 Å². The highest BCUT2D eigenvalue weighted by molar-refractivity contribution is 5.97. The second-order valence-corrected chi connectivity index (χ2v) is 4.46. The monoisotopic (exact) mass is 254 g/mol. The van der Waals surface area contributed by atoms with Gasteiger partial charge in [0.15, 0.2) is 5.78 Å². The van der Waals surface area contributed by atoms with Gasteiger partial charge in [-0.05, 0) is 24.1 Å². The summed E-state index contributed by atoms with van der Waals surface area (Å²) in [5.41, 5.74) is 1.74. The maximum absolute atomic E-state index is 12.2. The molecular formula is C17H18O2. The molecule has 0 bridgehead atoms. The van der Waals surface area contributed by atoms with Gasteiger partial charge in [0.1, 0.15) is 5.75 Å². The lowest BCUT2D eigenvalue weighted by atomic mass is 10.0. The van der Waals surface area contributed by atoms with Crippen LogP contribution in [0.5, 0.6) is 5.75 Å². The van der Waals surface area contributed by atoms with Crippen molar-refractivity contribution in [3.8, 4) is 5.75 Å². The first-order valence-electron chi connectivity index (χ1n) is 6.59. The highest BCUT2D eigenvalue weighted by Gasteiger charge is 2.07. The molecule has 0 amide bonds. The average molecular weight is 254 g/mol. The molecule has 0 aliphatic carbocycles. The molecule has 2 nitrogen and oxygen atoms in total. The van der Waals surface area contributed by atoms with Crippen LogP contribution in [0.15, 0.2) is 54.6 Å². The minimum absolute atomic E-state index is 0.119. The fraction of sp³-hybridized carbons (Fsp3) is 0.235. The number of rotatable bonds is 6. The van der Waals surface area contributed by atoms with Crippen LogP contribution in [0.3, 0.4) is 0 Å². The van der Waals surface area contributed by atoms with E-state index in [1.165, 1.54) is 0 Å². The Morgan fingerprint density at radius 1 is 1.05 bits per heavy atom. The molecule has 0 atom stereocenters. The van der Waals surface area contributed by atoms with E-state index in [2.05, 4.69) is 6.92 Å². The Morgan fingerprint density at radius 3 is 2.58 bits per heavy atom. The van der Waals surface area contributed by atoms with Crippen molar-refractivity contribution < 1.29 is 9.53 Å². The molecule has 19 heavy (non-hydrogen) atoms. The fourth-order valence-corrected chi connectivity index (χ4v) is 1.86. The molecule has 0 aliphatic heterocycles. The Kier molecular flexibility index (Phi) is 4.73. The van der Waals surface area contributed by atoms with Gasteiger partial charge in [0, 0.05) is 12.0 Å². The van der Waals surface area contributed by atoms with Crippen molar-refractivity contribution in [1.82, 2.24) is 0 Å². The predicted octanol–water partition coefficient (Wildman–Crippen LogP) is 3.90. The van der Waals surface area contributed by atoms with Gasteiger partial charge in [-0.2, -0.15) is 0 Å². The number of carbonyl (C=O) groups is 1. The van der Waals surface area contributed by atoms with Crippen molar-refractivity contribution in [2.45, 2.75) is 19.8 Å². The molecule has 2 rings (SSSR count). The first-order chi connectivity index (χ1) is 9.29. The molecule has 0 saturated heterocycles. The largest absolute Gasteiger partial charge is 0.494 e. The van der Waals surface area contributed by atoms with Gasteiger partial charge in [-0.25, -0.2) is 0 Å². The van der Waals surface area contributed by atoms with Gasteiger partial charge < -0.3 is 4.74 Å². The molecule has 0 spiro atoms. The summed E-state index contributed by atoms with van der Waals surface area (Å²) < 4.78 is 5.54. The van der Waals surface area contributed by atoms with Crippen LogP contribution in [0, 0.1) is 0 Å². The van der Waals surface area contributed by atoms with Gasteiger partial charge in [0.25, 0.3) is 0 Å². The van der Waals surface area contributed by atoms with Gasteiger partial charge in [0.05, 0.1) is 6.61 Å². The lowest BCUT2D eigenvalue weighted by Crippen LogP contribution is -2.04. The second-order valence-electron chi connectivity index (χ2n) is 4.46. The van der Waals surface area contributed by atoms with Crippen LogP contribution in [-0.4, -0.2) is 12.4 Å². The minimum atomic E-state index is 0.119. The molecule has 0 fully saturated rings. The lowest BCUT2D eigenvalue weighted by Gasteiger charge is -2.06. The number of Topliss-reactive ketones (excluding diaryl/α,β-unsaturated/α-hetero) is 1. The van der Waals surface area contributed by atoms with Crippen molar-refractivity contribution in [3.63, 3.8) is 0 Å². The van der Waals surface area contributed by atoms with Gasteiger partial charge >= 0.3 is 0 Å². The van der Waals surface area contributed by atoms with Crippen molar-refractivity contribution in [2.24, 2.45) is 0 Å². The first-order valence-corrected chi connectivity index (χ1v) is 6.59. The minimum Gasteiger partial charge on any atom is -0.494 e. The zero-order chi connectivity index (χ0) is 13.5. The van der Waals surface area contributed by atoms with Crippen LogP contribution >= 0.6 is 0 Å². The summed E-state index contributed by atoms with van der Waals surface area (Å²) >= 11 is 0. The van der Waals surface area contributed by atoms with E-state index in [-0.39, 0.29) is 5.78 Å². The number of carbonyl (C=O) groups excluding carboxylic acids is 1. The summed E-state index contributed by atoms with van der Waals surface area (Å²) in [5.74, 6) is 0.883. The Bertz CT molecular complexity index is 532. The van der Waals surface area contributed by atoms with E-state index >= 15 is 0 Å². The van der Waals surface area contributed by atoms with Gasteiger partial charge in [-0.3, -0.25) is 4.79 Å². The lowest BCUT2D eigenvalue weighted by molar-refractivity contribution is 0.0992. The molecule has 0 aromatic heterocycles. The van der Waals surface area contributed by atoms with Gasteiger partial charge in [-0.1, -0.05) is 49.4 Å². The van der Waals surface area contributed by atoms with E-state index in [1.54, 1.807) is 0 Å². The van der Waals surface area contributed by atoms with Crippen molar-refractivity contribution >= 4 is 5.78 Å². The molecule has 0 aliphatic rings. The normalized spacial score (nSPS) is 10.2. The summed E-state index contributed by atoms with van der Waals surface area (Å²) in [7, 11) is 0. The second kappa shape index (κ2) is 6.74. The summed E-state index contributed by atoms with van der Waals surface area (Å²) in [5, 5.41) is 0. The standard InChI is InChI=1S/C17H18O2/c1-2-11-19-16-10-6-9-15(13-16)17(18)12-14-7-4-3-5-8-14/h3-10,13H,2,11-12H2,1H3. The van der Waals surface area contributed by atoms with Crippen molar-refractivity contribution in [3.05, 3.63) is 65.7 Å². The summed E-state index contributed by atoms with van der Waals surface area (Å²) in [6, 6.07) is 17.2. The van der Waals surface area contributed by atoms with Crippen LogP contribution in [0.2, 0.25) is 0 Å². The Balaban J connectivity index is 2.06. The van der Waals surface area contributed by atoms with E-state index in [9.17, 15) is 4.79 Å². The number of hydrogen-bond acceptors (Lipinski definition) is 2. The summed E-state index contributed by atoms with van der Waals surface area (Å²) in [6.45, 7) is 2.74. The summed E-state index contributed by atoms with van der Waals surface area (Å²) in [4.78, 5) is 12.2. The quantitative estimate of drug-likeness (QED) is 0.731. The van der Waals surface area contributed by atoms with E-state index in [1.807, 2.05) is 54.6 Å². The van der Waals surface area contributed by atoms with E-state index in [0.717, 1.165) is 17.7 Å². The maximum Gasteiger partial charge on any atom is 0.167 e.